The Balaban J connectivity index is 0.000001000. The van der Waals surface area contributed by atoms with Gasteiger partial charge < -0.3 is 5.48 Å². The number of carbonyl (C=O) groups is 1. The van der Waals surface area contributed by atoms with Gasteiger partial charge in [-0.25, -0.2) is 0 Å². The molecule has 11 heavy (non-hydrogen) atoms. The van der Waals surface area contributed by atoms with Gasteiger partial charge in [0.1, 0.15) is 5.78 Å². The van der Waals surface area contributed by atoms with Crippen molar-refractivity contribution < 1.29 is 14.5 Å². The Labute approximate surface area is 68.9 Å². The molecule has 1 saturated heterocycles. The maximum Gasteiger partial charge on any atom is 0.149 e. The van der Waals surface area contributed by atoms with Crippen LogP contribution in [0.4, 0.5) is 0 Å². The minimum Gasteiger partial charge on any atom is -0.412 e. The fourth-order valence-electron chi connectivity index (χ4n) is 1.18. The summed E-state index contributed by atoms with van der Waals surface area (Å²) in [6.07, 6.45) is 0. The molecule has 0 aromatic rings. The topological polar surface area (TPSA) is 65.6 Å². The summed E-state index contributed by atoms with van der Waals surface area (Å²) >= 11 is 0. The van der Waals surface area contributed by atoms with Crippen LogP contribution in [0.5, 0.6) is 0 Å². The fourth-order valence-corrected chi connectivity index (χ4v) is 2.80. The Morgan fingerprint density at radius 3 is 2.27 bits per heavy atom. The van der Waals surface area contributed by atoms with E-state index < -0.39 is 10.8 Å². The van der Waals surface area contributed by atoms with E-state index in [1.807, 2.05) is 13.8 Å². The Morgan fingerprint density at radius 1 is 1.55 bits per heavy atom. The van der Waals surface area contributed by atoms with E-state index in [0.29, 0.717) is 17.4 Å². The molecule has 0 radical (unpaired) electrons. The minimum absolute atomic E-state index is 0. The molecule has 1 aliphatic rings. The lowest BCUT2D eigenvalue weighted by Crippen LogP contribution is -2.17. The Kier molecular flexibility index (Phi) is 3.89. The maximum absolute atomic E-state index is 11.0. The van der Waals surface area contributed by atoms with Gasteiger partial charge in [-0.15, -0.1) is 0 Å². The summed E-state index contributed by atoms with van der Waals surface area (Å²) in [7, 11) is -0.853. The van der Waals surface area contributed by atoms with Gasteiger partial charge in [0.05, 0.1) is 5.75 Å². The standard InChI is InChI=1S/C7H12O2S.H2O/c1-5(2)6-3-10(9)4-7(6)8;/h5-6H,3-4H2,1-2H3;1H2. The van der Waals surface area contributed by atoms with Crippen molar-refractivity contribution in [3.8, 4) is 0 Å². The highest BCUT2D eigenvalue weighted by molar-refractivity contribution is 7.86. The number of hydrogen-bond acceptors (Lipinski definition) is 2. The molecule has 0 spiro atoms. The highest BCUT2D eigenvalue weighted by Gasteiger charge is 2.31. The van der Waals surface area contributed by atoms with E-state index in [4.69, 9.17) is 0 Å². The van der Waals surface area contributed by atoms with Crippen LogP contribution in [0, 0.1) is 11.8 Å². The Morgan fingerprint density at radius 2 is 2.09 bits per heavy atom. The van der Waals surface area contributed by atoms with Crippen LogP contribution in [-0.4, -0.2) is 27.0 Å². The first kappa shape index (κ1) is 10.8. The number of hydrogen-bond donors (Lipinski definition) is 0. The van der Waals surface area contributed by atoms with Crippen molar-refractivity contribution in [3.63, 3.8) is 0 Å². The second-order valence-electron chi connectivity index (χ2n) is 3.07. The van der Waals surface area contributed by atoms with Crippen molar-refractivity contribution in [2.45, 2.75) is 13.8 Å². The molecule has 1 fully saturated rings. The first-order chi connectivity index (χ1) is 4.61. The highest BCUT2D eigenvalue weighted by Crippen LogP contribution is 2.19. The predicted octanol–water partition coefficient (Wildman–Crippen LogP) is -0.235. The third-order valence-electron chi connectivity index (χ3n) is 1.89. The van der Waals surface area contributed by atoms with Crippen LogP contribution in [0.2, 0.25) is 0 Å². The number of carbonyl (C=O) groups excluding carboxylic acids is 1. The SMILES string of the molecule is CC(C)C1CS(=O)CC1=O.O. The van der Waals surface area contributed by atoms with Crippen molar-refractivity contribution in [1.29, 1.82) is 0 Å². The quantitative estimate of drug-likeness (QED) is 0.556. The van der Waals surface area contributed by atoms with Gasteiger partial charge >= 0.3 is 0 Å². The molecule has 4 heteroatoms. The van der Waals surface area contributed by atoms with Crippen LogP contribution in [0.15, 0.2) is 0 Å². The fraction of sp³-hybridized carbons (Fsp3) is 0.857. The van der Waals surface area contributed by atoms with Gasteiger partial charge in [-0.2, -0.15) is 0 Å². The van der Waals surface area contributed by atoms with E-state index >= 15 is 0 Å². The highest BCUT2D eigenvalue weighted by atomic mass is 32.2. The molecular weight excluding hydrogens is 164 g/mol. The van der Waals surface area contributed by atoms with Crippen LogP contribution >= 0.6 is 0 Å². The van der Waals surface area contributed by atoms with Crippen LogP contribution in [0.3, 0.4) is 0 Å². The van der Waals surface area contributed by atoms with E-state index in [9.17, 15) is 9.00 Å². The average molecular weight is 178 g/mol. The summed E-state index contributed by atoms with van der Waals surface area (Å²) in [6, 6.07) is 0. The Bertz CT molecular complexity index is 177. The normalized spacial score (nSPS) is 30.6. The summed E-state index contributed by atoms with van der Waals surface area (Å²) in [4.78, 5) is 11.0. The van der Waals surface area contributed by atoms with Crippen molar-refractivity contribution in [3.05, 3.63) is 0 Å². The third kappa shape index (κ3) is 2.38. The zero-order chi connectivity index (χ0) is 7.72. The van der Waals surface area contributed by atoms with Gasteiger partial charge in [0.15, 0.2) is 0 Å². The molecule has 2 N–H and O–H groups in total. The van der Waals surface area contributed by atoms with Gasteiger partial charge in [-0.1, -0.05) is 13.8 Å². The molecule has 0 saturated carbocycles. The lowest BCUT2D eigenvalue weighted by atomic mass is 9.95. The monoisotopic (exact) mass is 178 g/mol. The number of Topliss-reactive ketones (excluding diaryl/α,β-unsaturated/α-hetero) is 1. The molecule has 1 heterocycles. The van der Waals surface area contributed by atoms with Crippen molar-refractivity contribution >= 4 is 16.6 Å². The molecule has 0 aromatic heterocycles. The molecule has 0 amide bonds. The largest absolute Gasteiger partial charge is 0.412 e. The van der Waals surface area contributed by atoms with Gasteiger partial charge in [0.25, 0.3) is 0 Å². The number of ketones is 1. The van der Waals surface area contributed by atoms with Crippen LogP contribution < -0.4 is 0 Å². The molecule has 1 rings (SSSR count). The van der Waals surface area contributed by atoms with Crippen molar-refractivity contribution in [2.75, 3.05) is 11.5 Å². The molecule has 1 aliphatic heterocycles. The maximum atomic E-state index is 11.0. The van der Waals surface area contributed by atoms with Crippen LogP contribution in [0.25, 0.3) is 0 Å². The third-order valence-corrected chi connectivity index (χ3v) is 3.22. The molecular formula is C7H14O3S. The summed E-state index contributed by atoms with van der Waals surface area (Å²) in [6.45, 7) is 4.01. The minimum atomic E-state index is -0.853. The van der Waals surface area contributed by atoms with E-state index in [0.717, 1.165) is 0 Å². The average Bonchev–Trinajstić information content (AvgIpc) is 2.10. The van der Waals surface area contributed by atoms with Crippen molar-refractivity contribution in [1.82, 2.24) is 0 Å². The van der Waals surface area contributed by atoms with Gasteiger partial charge in [0.2, 0.25) is 0 Å². The molecule has 3 nitrogen and oxygen atoms in total. The first-order valence-electron chi connectivity index (χ1n) is 3.49. The molecule has 0 aliphatic carbocycles. The van der Waals surface area contributed by atoms with Crippen molar-refractivity contribution in [2.24, 2.45) is 11.8 Å². The number of rotatable bonds is 1. The summed E-state index contributed by atoms with van der Waals surface area (Å²) in [5.41, 5.74) is 0. The molecule has 0 bridgehead atoms. The van der Waals surface area contributed by atoms with Gasteiger partial charge in [0, 0.05) is 22.5 Å². The van der Waals surface area contributed by atoms with E-state index in [1.165, 1.54) is 0 Å². The zero-order valence-corrected chi connectivity index (χ0v) is 7.61. The Hall–Kier alpha value is -0.220. The first-order valence-corrected chi connectivity index (χ1v) is 4.97. The molecule has 0 aromatic carbocycles. The lowest BCUT2D eigenvalue weighted by Gasteiger charge is -2.08. The van der Waals surface area contributed by atoms with E-state index in [-0.39, 0.29) is 17.2 Å². The second-order valence-corrected chi connectivity index (χ2v) is 4.57. The molecule has 2 atom stereocenters. The van der Waals surface area contributed by atoms with Gasteiger partial charge in [-0.3, -0.25) is 9.00 Å². The van der Waals surface area contributed by atoms with Crippen LogP contribution in [-0.2, 0) is 15.6 Å². The summed E-state index contributed by atoms with van der Waals surface area (Å²) in [5, 5.41) is 0. The van der Waals surface area contributed by atoms with Crippen LogP contribution in [0.1, 0.15) is 13.8 Å². The second kappa shape index (κ2) is 3.97. The summed E-state index contributed by atoms with van der Waals surface area (Å²) < 4.78 is 10.9. The molecule has 2 unspecified atom stereocenters. The zero-order valence-electron chi connectivity index (χ0n) is 6.79. The predicted molar refractivity (Wildman–Crippen MR) is 44.8 cm³/mol. The van der Waals surface area contributed by atoms with Gasteiger partial charge in [-0.05, 0) is 5.92 Å². The lowest BCUT2D eigenvalue weighted by molar-refractivity contribution is -0.120. The smallest absolute Gasteiger partial charge is 0.149 e. The molecule has 66 valence electrons. The van der Waals surface area contributed by atoms with E-state index in [1.54, 1.807) is 0 Å². The summed E-state index contributed by atoms with van der Waals surface area (Å²) in [5.74, 6) is 1.51. The van der Waals surface area contributed by atoms with E-state index in [2.05, 4.69) is 0 Å².